The van der Waals surface area contributed by atoms with Crippen LogP contribution in [0.5, 0.6) is 0 Å². The van der Waals surface area contributed by atoms with Gasteiger partial charge >= 0.3 is 5.97 Å². The molecule has 9 heteroatoms. The topological polar surface area (TPSA) is 107 Å². The highest BCUT2D eigenvalue weighted by molar-refractivity contribution is 7.13. The average Bonchev–Trinajstić information content (AvgIpc) is 3.49. The summed E-state index contributed by atoms with van der Waals surface area (Å²) in [6, 6.07) is 14.1. The Hall–Kier alpha value is -3.72. The van der Waals surface area contributed by atoms with E-state index in [1.807, 2.05) is 23.6 Å². The standard InChI is InChI=1S/C22H19N3O5S/c1-13-11-18(25-30-13)24-21(27)20(15-7-4-3-5-8-15)29-19(26)12-16-14(2)28-22(23-16)17-9-6-10-31-17/h3-11,20H,12H2,1-2H3,(H,24,25,27). The van der Waals surface area contributed by atoms with Crippen LogP contribution < -0.4 is 5.32 Å². The summed E-state index contributed by atoms with van der Waals surface area (Å²) in [4.78, 5) is 30.8. The molecule has 1 aromatic carbocycles. The fourth-order valence-corrected chi connectivity index (χ4v) is 3.57. The molecule has 0 bridgehead atoms. The van der Waals surface area contributed by atoms with Crippen LogP contribution >= 0.6 is 11.3 Å². The van der Waals surface area contributed by atoms with Crippen molar-refractivity contribution in [3.8, 4) is 10.8 Å². The maximum Gasteiger partial charge on any atom is 0.313 e. The van der Waals surface area contributed by atoms with Gasteiger partial charge in [-0.25, -0.2) is 4.98 Å². The summed E-state index contributed by atoms with van der Waals surface area (Å²) in [6.07, 6.45) is -1.28. The number of hydrogen-bond donors (Lipinski definition) is 1. The fraction of sp³-hybridized carbons (Fsp3) is 0.182. The highest BCUT2D eigenvalue weighted by Crippen LogP contribution is 2.27. The van der Waals surface area contributed by atoms with E-state index in [9.17, 15) is 9.59 Å². The number of anilines is 1. The van der Waals surface area contributed by atoms with Gasteiger partial charge in [-0.3, -0.25) is 9.59 Å². The lowest BCUT2D eigenvalue weighted by molar-refractivity contribution is -0.154. The largest absolute Gasteiger partial charge is 0.447 e. The number of benzene rings is 1. The van der Waals surface area contributed by atoms with Gasteiger partial charge in [0.1, 0.15) is 11.5 Å². The van der Waals surface area contributed by atoms with Crippen molar-refractivity contribution < 1.29 is 23.3 Å². The Morgan fingerprint density at radius 2 is 1.97 bits per heavy atom. The molecule has 0 aliphatic rings. The van der Waals surface area contributed by atoms with Crippen molar-refractivity contribution in [1.29, 1.82) is 0 Å². The maximum absolute atomic E-state index is 12.8. The second kappa shape index (κ2) is 8.97. The summed E-state index contributed by atoms with van der Waals surface area (Å²) in [5, 5.41) is 8.28. The van der Waals surface area contributed by atoms with Crippen LogP contribution in [0.15, 0.2) is 62.9 Å². The first kappa shape index (κ1) is 20.5. The molecule has 1 N–H and O–H groups in total. The third-order valence-corrected chi connectivity index (χ3v) is 5.26. The highest BCUT2D eigenvalue weighted by Gasteiger charge is 2.27. The molecule has 0 radical (unpaired) electrons. The molecule has 1 amide bonds. The molecule has 0 fully saturated rings. The summed E-state index contributed by atoms with van der Waals surface area (Å²) in [5.74, 6) is 0.630. The van der Waals surface area contributed by atoms with E-state index in [4.69, 9.17) is 13.7 Å². The van der Waals surface area contributed by atoms with E-state index >= 15 is 0 Å². The van der Waals surface area contributed by atoms with Gasteiger partial charge in [-0.15, -0.1) is 11.3 Å². The van der Waals surface area contributed by atoms with Crippen molar-refractivity contribution in [3.05, 3.63) is 76.7 Å². The molecule has 8 nitrogen and oxygen atoms in total. The third kappa shape index (κ3) is 4.89. The monoisotopic (exact) mass is 437 g/mol. The number of thiophene rings is 1. The smallest absolute Gasteiger partial charge is 0.313 e. The van der Waals surface area contributed by atoms with E-state index in [0.29, 0.717) is 28.7 Å². The van der Waals surface area contributed by atoms with Crippen molar-refractivity contribution >= 4 is 29.0 Å². The van der Waals surface area contributed by atoms with E-state index in [-0.39, 0.29) is 12.2 Å². The van der Waals surface area contributed by atoms with Gasteiger partial charge in [0.25, 0.3) is 5.91 Å². The van der Waals surface area contributed by atoms with Crippen molar-refractivity contribution in [2.45, 2.75) is 26.4 Å². The van der Waals surface area contributed by atoms with Gasteiger partial charge in [0, 0.05) is 11.6 Å². The predicted octanol–water partition coefficient (Wildman–Crippen LogP) is 4.47. The lowest BCUT2D eigenvalue weighted by Gasteiger charge is -2.17. The fourth-order valence-electron chi connectivity index (χ4n) is 2.93. The van der Waals surface area contributed by atoms with Crippen LogP contribution in [0, 0.1) is 13.8 Å². The number of aromatic nitrogens is 2. The first-order chi connectivity index (χ1) is 15.0. The third-order valence-electron chi connectivity index (χ3n) is 4.41. The van der Waals surface area contributed by atoms with Gasteiger partial charge in [0.05, 0.1) is 17.0 Å². The Balaban J connectivity index is 1.50. The zero-order valence-corrected chi connectivity index (χ0v) is 17.6. The van der Waals surface area contributed by atoms with E-state index in [1.165, 1.54) is 11.3 Å². The van der Waals surface area contributed by atoms with Crippen LogP contribution in [-0.4, -0.2) is 22.0 Å². The number of nitrogens with one attached hydrogen (secondary N) is 1. The van der Waals surface area contributed by atoms with Gasteiger partial charge in [-0.2, -0.15) is 0 Å². The first-order valence-electron chi connectivity index (χ1n) is 9.48. The molecule has 3 aromatic heterocycles. The van der Waals surface area contributed by atoms with E-state index in [1.54, 1.807) is 44.2 Å². The number of esters is 1. The number of carbonyl (C=O) groups excluding carboxylic acids is 2. The number of amides is 1. The Kier molecular flexibility index (Phi) is 5.94. The number of oxazole rings is 1. The molecule has 0 saturated carbocycles. The Labute approximate surface area is 181 Å². The summed E-state index contributed by atoms with van der Waals surface area (Å²) in [6.45, 7) is 3.45. The van der Waals surface area contributed by atoms with Crippen LogP contribution in [0.2, 0.25) is 0 Å². The zero-order chi connectivity index (χ0) is 21.8. The minimum Gasteiger partial charge on any atom is -0.447 e. The molecule has 3 heterocycles. The normalized spacial score (nSPS) is 11.8. The highest BCUT2D eigenvalue weighted by atomic mass is 32.1. The second-order valence-corrected chi connectivity index (χ2v) is 7.72. The summed E-state index contributed by atoms with van der Waals surface area (Å²) < 4.78 is 16.2. The second-order valence-electron chi connectivity index (χ2n) is 6.77. The van der Waals surface area contributed by atoms with E-state index in [2.05, 4.69) is 15.5 Å². The minimum absolute atomic E-state index is 0.125. The maximum atomic E-state index is 12.8. The van der Waals surface area contributed by atoms with Gasteiger partial charge in [0.2, 0.25) is 12.0 Å². The molecule has 0 spiro atoms. The number of aryl methyl sites for hydroxylation is 2. The van der Waals surface area contributed by atoms with Gasteiger partial charge in [-0.1, -0.05) is 41.6 Å². The number of carbonyl (C=O) groups is 2. The molecule has 1 unspecified atom stereocenters. The lowest BCUT2D eigenvalue weighted by atomic mass is 10.1. The molecule has 1 atom stereocenters. The molecular weight excluding hydrogens is 418 g/mol. The summed E-state index contributed by atoms with van der Waals surface area (Å²) >= 11 is 1.49. The molecule has 0 aliphatic carbocycles. The van der Waals surface area contributed by atoms with Crippen LogP contribution in [0.1, 0.15) is 28.9 Å². The Bertz CT molecular complexity index is 1180. The average molecular weight is 437 g/mol. The molecule has 158 valence electrons. The van der Waals surface area contributed by atoms with Crippen molar-refractivity contribution in [1.82, 2.24) is 10.1 Å². The number of ether oxygens (including phenoxy) is 1. The van der Waals surface area contributed by atoms with Crippen LogP contribution in [-0.2, 0) is 20.7 Å². The van der Waals surface area contributed by atoms with Gasteiger partial charge in [0.15, 0.2) is 5.82 Å². The Morgan fingerprint density at radius 1 is 1.16 bits per heavy atom. The molecule has 31 heavy (non-hydrogen) atoms. The van der Waals surface area contributed by atoms with Crippen molar-refractivity contribution in [3.63, 3.8) is 0 Å². The van der Waals surface area contributed by atoms with Crippen LogP contribution in [0.25, 0.3) is 10.8 Å². The van der Waals surface area contributed by atoms with E-state index < -0.39 is 18.0 Å². The number of rotatable bonds is 7. The summed E-state index contributed by atoms with van der Waals surface area (Å²) in [5.41, 5.74) is 0.998. The van der Waals surface area contributed by atoms with Crippen molar-refractivity contribution in [2.24, 2.45) is 0 Å². The van der Waals surface area contributed by atoms with Crippen LogP contribution in [0.4, 0.5) is 5.82 Å². The SMILES string of the molecule is Cc1cc(NC(=O)C(OC(=O)Cc2nc(-c3cccs3)oc2C)c2ccccc2)no1. The molecule has 4 aromatic rings. The zero-order valence-electron chi connectivity index (χ0n) is 16.8. The van der Waals surface area contributed by atoms with Gasteiger partial charge < -0.3 is 19.0 Å². The quantitative estimate of drug-likeness (QED) is 0.425. The molecular formula is C22H19N3O5S. The molecule has 0 aliphatic heterocycles. The molecule has 4 rings (SSSR count). The number of hydrogen-bond acceptors (Lipinski definition) is 8. The van der Waals surface area contributed by atoms with Crippen LogP contribution in [0.3, 0.4) is 0 Å². The first-order valence-corrected chi connectivity index (χ1v) is 10.4. The molecule has 0 saturated heterocycles. The Morgan fingerprint density at radius 3 is 2.65 bits per heavy atom. The number of nitrogens with zero attached hydrogens (tertiary/aromatic N) is 2. The van der Waals surface area contributed by atoms with E-state index in [0.717, 1.165) is 4.88 Å². The minimum atomic E-state index is -1.16. The predicted molar refractivity (Wildman–Crippen MR) is 113 cm³/mol. The van der Waals surface area contributed by atoms with Gasteiger partial charge in [-0.05, 0) is 25.3 Å². The van der Waals surface area contributed by atoms with Crippen molar-refractivity contribution in [2.75, 3.05) is 5.32 Å². The summed E-state index contributed by atoms with van der Waals surface area (Å²) in [7, 11) is 0. The lowest BCUT2D eigenvalue weighted by Crippen LogP contribution is -2.26.